The zero-order valence-electron chi connectivity index (χ0n) is 13.6. The number of hydrazine groups is 1. The maximum atomic E-state index is 11.5. The van der Waals surface area contributed by atoms with Gasteiger partial charge in [-0.1, -0.05) is 13.8 Å². The molecule has 0 rings (SSSR count). The van der Waals surface area contributed by atoms with Crippen LogP contribution in [0.4, 0.5) is 9.59 Å². The lowest BCUT2D eigenvalue weighted by Gasteiger charge is -2.26. The summed E-state index contributed by atoms with van der Waals surface area (Å²) in [7, 11) is 1.39. The Bertz CT molecular complexity index is 290. The molecule has 0 fully saturated rings. The third-order valence-corrected chi connectivity index (χ3v) is 1.33. The molecule has 0 aliphatic carbocycles. The Morgan fingerprint density at radius 2 is 1.26 bits per heavy atom. The largest absolute Gasteiger partial charge is 0.443 e. The van der Waals surface area contributed by atoms with Crippen molar-refractivity contribution in [1.82, 2.24) is 10.4 Å². The number of carbonyl (C=O) groups excluding carboxylic acids is 2. The quantitative estimate of drug-likeness (QED) is 0.689. The van der Waals surface area contributed by atoms with Gasteiger partial charge in [0.2, 0.25) is 0 Å². The molecule has 0 radical (unpaired) electrons. The highest BCUT2D eigenvalue weighted by atomic mass is 16.6. The normalized spacial score (nSPS) is 10.8. The van der Waals surface area contributed by atoms with Crippen LogP contribution in [0.15, 0.2) is 0 Å². The summed E-state index contributed by atoms with van der Waals surface area (Å²) in [6.45, 7) is 14.4. The molecule has 0 unspecified atom stereocenters. The summed E-state index contributed by atoms with van der Waals surface area (Å²) in [6.07, 6.45) is -1.35. The van der Waals surface area contributed by atoms with Gasteiger partial charge in [0.15, 0.2) is 0 Å². The van der Waals surface area contributed by atoms with Gasteiger partial charge in [0.25, 0.3) is 0 Å². The number of nitrogens with one attached hydrogen (secondary N) is 1. The van der Waals surface area contributed by atoms with Crippen molar-refractivity contribution in [1.29, 1.82) is 0 Å². The van der Waals surface area contributed by atoms with E-state index in [4.69, 9.17) is 9.47 Å². The van der Waals surface area contributed by atoms with Crippen molar-refractivity contribution < 1.29 is 19.1 Å². The van der Waals surface area contributed by atoms with Gasteiger partial charge in [0.1, 0.15) is 11.2 Å². The van der Waals surface area contributed by atoms with Gasteiger partial charge in [-0.25, -0.2) is 20.0 Å². The fraction of sp³-hybridized carbons (Fsp3) is 0.846. The summed E-state index contributed by atoms with van der Waals surface area (Å²) in [5.41, 5.74) is 1.03. The molecule has 6 nitrogen and oxygen atoms in total. The molecule has 0 aromatic heterocycles. The number of nitrogens with zero attached hydrogens (tertiary/aromatic N) is 1. The SMILES string of the molecule is CC.CN(NC(=O)OC(C)(C)C)C(=O)OC(C)(C)C. The number of hydrogen-bond acceptors (Lipinski definition) is 4. The number of hydrogen-bond donors (Lipinski definition) is 1. The smallest absolute Gasteiger partial charge is 0.429 e. The van der Waals surface area contributed by atoms with Crippen LogP contribution in [0.25, 0.3) is 0 Å². The summed E-state index contributed by atoms with van der Waals surface area (Å²) in [5, 5.41) is 0.944. The first-order valence-electron chi connectivity index (χ1n) is 6.37. The maximum absolute atomic E-state index is 11.5. The monoisotopic (exact) mass is 276 g/mol. The van der Waals surface area contributed by atoms with Crippen LogP contribution in [-0.2, 0) is 9.47 Å². The molecule has 0 spiro atoms. The van der Waals surface area contributed by atoms with Gasteiger partial charge in [-0.3, -0.25) is 0 Å². The molecule has 2 amide bonds. The first-order valence-corrected chi connectivity index (χ1v) is 6.37. The fourth-order valence-electron chi connectivity index (χ4n) is 0.814. The average molecular weight is 276 g/mol. The van der Waals surface area contributed by atoms with Crippen LogP contribution >= 0.6 is 0 Å². The van der Waals surface area contributed by atoms with E-state index in [1.807, 2.05) is 13.8 Å². The standard InChI is InChI=1S/C11H22N2O4.C2H6/c1-10(2,3)16-8(14)12-13(7)9(15)17-11(4,5)6;1-2/h1-7H3,(H,12,14);1-2H3. The van der Waals surface area contributed by atoms with E-state index >= 15 is 0 Å². The molecular formula is C13H28N2O4. The summed E-state index contributed by atoms with van der Waals surface area (Å²) < 4.78 is 10.0. The van der Waals surface area contributed by atoms with Crippen molar-refractivity contribution in [2.24, 2.45) is 0 Å². The topological polar surface area (TPSA) is 67.9 Å². The lowest BCUT2D eigenvalue weighted by atomic mass is 10.2. The van der Waals surface area contributed by atoms with Crippen molar-refractivity contribution >= 4 is 12.2 Å². The van der Waals surface area contributed by atoms with E-state index < -0.39 is 23.4 Å². The van der Waals surface area contributed by atoms with E-state index in [1.165, 1.54) is 7.05 Å². The molecule has 0 saturated carbocycles. The van der Waals surface area contributed by atoms with E-state index in [0.29, 0.717) is 0 Å². The lowest BCUT2D eigenvalue weighted by Crippen LogP contribution is -2.47. The fourth-order valence-corrected chi connectivity index (χ4v) is 0.814. The average Bonchev–Trinajstić information content (AvgIpc) is 2.14. The third kappa shape index (κ3) is 12.8. The highest BCUT2D eigenvalue weighted by Gasteiger charge is 2.23. The van der Waals surface area contributed by atoms with Crippen LogP contribution in [0.2, 0.25) is 0 Å². The molecular weight excluding hydrogens is 248 g/mol. The predicted molar refractivity (Wildman–Crippen MR) is 74.7 cm³/mol. The zero-order valence-corrected chi connectivity index (χ0v) is 13.6. The second kappa shape index (κ2) is 7.86. The van der Waals surface area contributed by atoms with Gasteiger partial charge in [0, 0.05) is 7.05 Å². The van der Waals surface area contributed by atoms with Crippen LogP contribution in [0.5, 0.6) is 0 Å². The molecule has 1 N–H and O–H groups in total. The van der Waals surface area contributed by atoms with E-state index in [2.05, 4.69) is 5.43 Å². The Morgan fingerprint density at radius 1 is 0.895 bits per heavy atom. The zero-order chi connectivity index (χ0) is 15.9. The van der Waals surface area contributed by atoms with Crippen molar-refractivity contribution in [2.75, 3.05) is 7.05 Å². The van der Waals surface area contributed by atoms with Gasteiger partial charge in [-0.05, 0) is 41.5 Å². The number of rotatable bonds is 0. The second-order valence-corrected chi connectivity index (χ2v) is 5.65. The third-order valence-electron chi connectivity index (χ3n) is 1.33. The highest BCUT2D eigenvalue weighted by Crippen LogP contribution is 2.09. The van der Waals surface area contributed by atoms with E-state index in [9.17, 15) is 9.59 Å². The first-order chi connectivity index (χ1) is 8.41. The van der Waals surface area contributed by atoms with Crippen LogP contribution in [0.3, 0.4) is 0 Å². The van der Waals surface area contributed by atoms with Gasteiger partial charge >= 0.3 is 12.2 Å². The van der Waals surface area contributed by atoms with Crippen molar-refractivity contribution in [3.05, 3.63) is 0 Å². The summed E-state index contributed by atoms with van der Waals surface area (Å²) >= 11 is 0. The summed E-state index contributed by atoms with van der Waals surface area (Å²) in [6, 6.07) is 0. The van der Waals surface area contributed by atoms with E-state index in [1.54, 1.807) is 41.5 Å². The molecule has 6 heteroatoms. The molecule has 0 aromatic carbocycles. The molecule has 0 atom stereocenters. The second-order valence-electron chi connectivity index (χ2n) is 5.65. The Morgan fingerprint density at radius 3 is 1.58 bits per heavy atom. The van der Waals surface area contributed by atoms with Crippen LogP contribution in [-0.4, -0.2) is 35.4 Å². The minimum atomic E-state index is -0.703. The number of carbonyl (C=O) groups is 2. The van der Waals surface area contributed by atoms with Crippen molar-refractivity contribution in [3.63, 3.8) is 0 Å². The molecule has 0 aromatic rings. The molecule has 0 bridgehead atoms. The Labute approximate surface area is 116 Å². The van der Waals surface area contributed by atoms with Crippen molar-refractivity contribution in [3.8, 4) is 0 Å². The van der Waals surface area contributed by atoms with E-state index in [-0.39, 0.29) is 0 Å². The first kappa shape index (κ1) is 19.9. The molecule has 0 aliphatic rings. The Balaban J connectivity index is 0. The summed E-state index contributed by atoms with van der Waals surface area (Å²) in [4.78, 5) is 22.8. The van der Waals surface area contributed by atoms with Crippen LogP contribution < -0.4 is 5.43 Å². The number of ether oxygens (including phenoxy) is 2. The molecule has 0 saturated heterocycles. The Kier molecular flexibility index (Phi) is 8.22. The Hall–Kier alpha value is -1.46. The van der Waals surface area contributed by atoms with Crippen molar-refractivity contribution in [2.45, 2.75) is 66.6 Å². The lowest BCUT2D eigenvalue weighted by molar-refractivity contribution is 0.00751. The molecule has 19 heavy (non-hydrogen) atoms. The van der Waals surface area contributed by atoms with E-state index in [0.717, 1.165) is 5.01 Å². The highest BCUT2D eigenvalue weighted by molar-refractivity contribution is 5.74. The molecule has 114 valence electrons. The predicted octanol–water partition coefficient (Wildman–Crippen LogP) is 3.32. The van der Waals surface area contributed by atoms with Gasteiger partial charge < -0.3 is 9.47 Å². The molecule has 0 aliphatic heterocycles. The molecule has 0 heterocycles. The van der Waals surface area contributed by atoms with Crippen LogP contribution in [0, 0.1) is 0 Å². The van der Waals surface area contributed by atoms with Gasteiger partial charge in [-0.15, -0.1) is 0 Å². The van der Waals surface area contributed by atoms with Crippen LogP contribution in [0.1, 0.15) is 55.4 Å². The van der Waals surface area contributed by atoms with Gasteiger partial charge in [-0.2, -0.15) is 0 Å². The van der Waals surface area contributed by atoms with Gasteiger partial charge in [0.05, 0.1) is 0 Å². The maximum Gasteiger partial charge on any atom is 0.429 e. The minimum absolute atomic E-state index is 0.610. The minimum Gasteiger partial charge on any atom is -0.443 e. The summed E-state index contributed by atoms with van der Waals surface area (Å²) in [5.74, 6) is 0. The number of amides is 2.